The van der Waals surface area contributed by atoms with Crippen molar-refractivity contribution in [1.29, 1.82) is 0 Å². The zero-order valence-electron chi connectivity index (χ0n) is 15.5. The zero-order chi connectivity index (χ0) is 18.5. The molecule has 0 radical (unpaired) electrons. The molecule has 1 saturated carbocycles. The molecule has 1 N–H and O–H groups in total. The normalized spacial score (nSPS) is 14.4. The van der Waals surface area contributed by atoms with Crippen LogP contribution in [0.2, 0.25) is 0 Å². The van der Waals surface area contributed by atoms with Gasteiger partial charge < -0.3 is 19.5 Å². The molecule has 0 heterocycles. The minimum Gasteiger partial charge on any atom is -0.493 e. The summed E-state index contributed by atoms with van der Waals surface area (Å²) in [4.78, 5) is 12.7. The van der Waals surface area contributed by atoms with Crippen LogP contribution in [0, 0.1) is 5.92 Å². The van der Waals surface area contributed by atoms with Crippen LogP contribution in [0.4, 0.5) is 0 Å². The Balaban J connectivity index is 1.75. The van der Waals surface area contributed by atoms with Gasteiger partial charge in [0.1, 0.15) is 0 Å². The van der Waals surface area contributed by atoms with Gasteiger partial charge in [0.2, 0.25) is 11.7 Å². The van der Waals surface area contributed by atoms with E-state index in [-0.39, 0.29) is 18.4 Å². The number of nitrogens with one attached hydrogen (secondary N) is 1. The van der Waals surface area contributed by atoms with Crippen molar-refractivity contribution in [1.82, 2.24) is 5.32 Å². The lowest BCUT2D eigenvalue weighted by atomic mass is 10.0. The summed E-state index contributed by atoms with van der Waals surface area (Å²) in [5.74, 6) is 2.15. The first-order chi connectivity index (χ1) is 12.7. The molecule has 5 heteroatoms. The number of carbonyl (C=O) groups excluding carboxylic acids is 1. The molecule has 0 aromatic heterocycles. The van der Waals surface area contributed by atoms with Gasteiger partial charge in [-0.1, -0.05) is 30.3 Å². The van der Waals surface area contributed by atoms with E-state index in [4.69, 9.17) is 14.2 Å². The van der Waals surface area contributed by atoms with Gasteiger partial charge in [0, 0.05) is 0 Å². The third kappa shape index (κ3) is 4.10. The summed E-state index contributed by atoms with van der Waals surface area (Å²) in [7, 11) is 4.70. The highest BCUT2D eigenvalue weighted by Gasteiger charge is 2.33. The number of amides is 1. The van der Waals surface area contributed by atoms with E-state index in [9.17, 15) is 4.79 Å². The third-order valence-electron chi connectivity index (χ3n) is 4.66. The lowest BCUT2D eigenvalue weighted by Gasteiger charge is -2.19. The number of methoxy groups -OCH3 is 3. The molecule has 1 aliphatic carbocycles. The first kappa shape index (κ1) is 18.1. The molecule has 0 bridgehead atoms. The Morgan fingerprint density at radius 1 is 1.04 bits per heavy atom. The van der Waals surface area contributed by atoms with Gasteiger partial charge in [-0.3, -0.25) is 4.79 Å². The van der Waals surface area contributed by atoms with Gasteiger partial charge in [0.25, 0.3) is 0 Å². The van der Waals surface area contributed by atoms with Crippen molar-refractivity contribution in [2.45, 2.75) is 25.3 Å². The molecule has 0 aliphatic heterocycles. The van der Waals surface area contributed by atoms with Crippen molar-refractivity contribution in [3.8, 4) is 17.2 Å². The molecule has 0 spiro atoms. The van der Waals surface area contributed by atoms with Crippen molar-refractivity contribution in [3.05, 3.63) is 53.6 Å². The Hall–Kier alpha value is -2.69. The maximum Gasteiger partial charge on any atom is 0.224 e. The molecule has 1 fully saturated rings. The summed E-state index contributed by atoms with van der Waals surface area (Å²) < 4.78 is 16.1. The van der Waals surface area contributed by atoms with Crippen LogP contribution in [0.25, 0.3) is 0 Å². The van der Waals surface area contributed by atoms with Crippen molar-refractivity contribution in [3.63, 3.8) is 0 Å². The molecular weight excluding hydrogens is 330 g/mol. The molecule has 0 unspecified atom stereocenters. The summed E-state index contributed by atoms with van der Waals surface area (Å²) >= 11 is 0. The lowest BCUT2D eigenvalue weighted by Crippen LogP contribution is -2.31. The maximum atomic E-state index is 12.7. The number of hydrogen-bond acceptors (Lipinski definition) is 4. The number of benzene rings is 2. The zero-order valence-corrected chi connectivity index (χ0v) is 15.5. The van der Waals surface area contributed by atoms with E-state index in [0.29, 0.717) is 23.2 Å². The Labute approximate surface area is 154 Å². The van der Waals surface area contributed by atoms with Crippen LogP contribution in [-0.2, 0) is 11.2 Å². The highest BCUT2D eigenvalue weighted by atomic mass is 16.5. The Morgan fingerprint density at radius 3 is 2.15 bits per heavy atom. The van der Waals surface area contributed by atoms with Gasteiger partial charge in [-0.05, 0) is 42.0 Å². The molecule has 1 amide bonds. The van der Waals surface area contributed by atoms with E-state index < -0.39 is 0 Å². The largest absolute Gasteiger partial charge is 0.493 e. The van der Waals surface area contributed by atoms with Crippen molar-refractivity contribution in [2.75, 3.05) is 21.3 Å². The van der Waals surface area contributed by atoms with Gasteiger partial charge in [0.15, 0.2) is 11.5 Å². The number of hydrogen-bond donors (Lipinski definition) is 1. The minimum absolute atomic E-state index is 0.0139. The quantitative estimate of drug-likeness (QED) is 0.787. The van der Waals surface area contributed by atoms with E-state index in [2.05, 4.69) is 17.4 Å². The second kappa shape index (κ2) is 8.13. The van der Waals surface area contributed by atoms with Crippen LogP contribution in [0.3, 0.4) is 0 Å². The predicted octanol–water partition coefficient (Wildman–Crippen LogP) is 3.52. The Morgan fingerprint density at radius 2 is 1.65 bits per heavy atom. The molecule has 3 rings (SSSR count). The number of ether oxygens (including phenoxy) is 3. The highest BCUT2D eigenvalue weighted by Crippen LogP contribution is 2.41. The van der Waals surface area contributed by atoms with Crippen LogP contribution >= 0.6 is 0 Å². The first-order valence-electron chi connectivity index (χ1n) is 8.79. The van der Waals surface area contributed by atoms with E-state index in [0.717, 1.165) is 24.0 Å². The molecule has 5 nitrogen and oxygen atoms in total. The van der Waals surface area contributed by atoms with E-state index in [1.54, 1.807) is 21.3 Å². The predicted molar refractivity (Wildman–Crippen MR) is 99.9 cm³/mol. The molecule has 1 atom stereocenters. The number of carbonyl (C=O) groups is 1. The molecule has 2 aromatic carbocycles. The van der Waals surface area contributed by atoms with Crippen molar-refractivity contribution in [2.24, 2.45) is 5.92 Å². The van der Waals surface area contributed by atoms with Crippen LogP contribution < -0.4 is 19.5 Å². The van der Waals surface area contributed by atoms with Gasteiger partial charge in [-0.25, -0.2) is 0 Å². The van der Waals surface area contributed by atoms with Crippen LogP contribution in [0.15, 0.2) is 42.5 Å². The highest BCUT2D eigenvalue weighted by molar-refractivity contribution is 5.79. The standard InChI is InChI=1S/C21H25NO4/c1-24-17-11-14(12-18(25-2)21(17)26-3)13-19(23)22-20(16-9-10-16)15-7-5-4-6-8-15/h4-8,11-12,16,20H,9-10,13H2,1-3H3,(H,22,23)/t20-/m1/s1. The third-order valence-corrected chi connectivity index (χ3v) is 4.66. The summed E-state index contributed by atoms with van der Waals surface area (Å²) in [6.45, 7) is 0. The minimum atomic E-state index is -0.0139. The van der Waals surface area contributed by atoms with E-state index in [1.807, 2.05) is 30.3 Å². The topological polar surface area (TPSA) is 56.8 Å². The van der Waals surface area contributed by atoms with E-state index in [1.165, 1.54) is 0 Å². The van der Waals surface area contributed by atoms with Crippen LogP contribution in [-0.4, -0.2) is 27.2 Å². The number of rotatable bonds is 8. The van der Waals surface area contributed by atoms with Crippen LogP contribution in [0.1, 0.15) is 30.0 Å². The fourth-order valence-electron chi connectivity index (χ4n) is 3.21. The van der Waals surface area contributed by atoms with Gasteiger partial charge >= 0.3 is 0 Å². The van der Waals surface area contributed by atoms with Crippen molar-refractivity contribution < 1.29 is 19.0 Å². The molecule has 0 saturated heterocycles. The average molecular weight is 355 g/mol. The second-order valence-corrected chi connectivity index (χ2v) is 6.50. The molecule has 138 valence electrons. The van der Waals surface area contributed by atoms with Gasteiger partial charge in [-0.2, -0.15) is 0 Å². The summed E-state index contributed by atoms with van der Waals surface area (Å²) in [5, 5.41) is 3.20. The SMILES string of the molecule is COc1cc(CC(=O)N[C@H](c2ccccc2)C2CC2)cc(OC)c1OC. The first-order valence-corrected chi connectivity index (χ1v) is 8.79. The average Bonchev–Trinajstić information content (AvgIpc) is 3.51. The lowest BCUT2D eigenvalue weighted by molar-refractivity contribution is -0.121. The summed E-state index contributed by atoms with van der Waals surface area (Å²) in [6.07, 6.45) is 2.57. The monoisotopic (exact) mass is 355 g/mol. The van der Waals surface area contributed by atoms with Crippen molar-refractivity contribution >= 4 is 5.91 Å². The molecule has 2 aromatic rings. The smallest absolute Gasteiger partial charge is 0.224 e. The van der Waals surface area contributed by atoms with Gasteiger partial charge in [0.05, 0.1) is 33.8 Å². The Bertz CT molecular complexity index is 731. The fraction of sp³-hybridized carbons (Fsp3) is 0.381. The maximum absolute atomic E-state index is 12.7. The molecule has 1 aliphatic rings. The molecular formula is C21H25NO4. The molecule has 26 heavy (non-hydrogen) atoms. The summed E-state index contributed by atoms with van der Waals surface area (Å²) in [6, 6.07) is 13.9. The van der Waals surface area contributed by atoms with E-state index >= 15 is 0 Å². The second-order valence-electron chi connectivity index (χ2n) is 6.50. The Kier molecular flexibility index (Phi) is 5.66. The van der Waals surface area contributed by atoms with Crippen LogP contribution in [0.5, 0.6) is 17.2 Å². The van der Waals surface area contributed by atoms with Gasteiger partial charge in [-0.15, -0.1) is 0 Å². The summed E-state index contributed by atoms with van der Waals surface area (Å²) in [5.41, 5.74) is 1.98. The fourth-order valence-corrected chi connectivity index (χ4v) is 3.21.